The second-order valence-electron chi connectivity index (χ2n) is 20.4. The van der Waals surface area contributed by atoms with Crippen molar-refractivity contribution in [3.63, 3.8) is 0 Å². The van der Waals surface area contributed by atoms with Gasteiger partial charge in [0, 0.05) is 35.5 Å². The van der Waals surface area contributed by atoms with Crippen molar-refractivity contribution in [2.24, 2.45) is 0 Å². The summed E-state index contributed by atoms with van der Waals surface area (Å²) in [4.78, 5) is 0. The monoisotopic (exact) mass is 1320 g/mol. The van der Waals surface area contributed by atoms with Crippen LogP contribution in [0.5, 0.6) is 11.5 Å². The third kappa shape index (κ3) is 12.9. The number of benzene rings is 2. The average molecular weight is 1320 g/mol. The molecular formula is C45H42F34O2S2. The maximum atomic E-state index is 14.7. The van der Waals surface area contributed by atoms with E-state index >= 15 is 0 Å². The van der Waals surface area contributed by atoms with Crippen molar-refractivity contribution >= 4 is 23.5 Å². The molecule has 0 aliphatic rings. The number of ether oxygens (including phenoxy) is 2. The maximum Gasteiger partial charge on any atom is 0.460 e. The van der Waals surface area contributed by atoms with Gasteiger partial charge in [0.15, 0.2) is 0 Å². The van der Waals surface area contributed by atoms with Crippen LogP contribution in [0.25, 0.3) is 0 Å². The van der Waals surface area contributed by atoms with Gasteiger partial charge < -0.3 is 9.47 Å². The topological polar surface area (TPSA) is 18.5 Å². The summed E-state index contributed by atoms with van der Waals surface area (Å²) >= 11 is 0.0314. The van der Waals surface area contributed by atoms with Crippen molar-refractivity contribution in [2.75, 3.05) is 18.3 Å². The lowest BCUT2D eigenvalue weighted by Gasteiger charge is -2.42. The van der Waals surface area contributed by atoms with Gasteiger partial charge >= 0.3 is 95.3 Å². The Hall–Kier alpha value is -3.64. The quantitative estimate of drug-likeness (QED) is 0.0531. The number of hydrogen-bond acceptors (Lipinski definition) is 4. The van der Waals surface area contributed by atoms with Gasteiger partial charge in [-0.05, 0) is 58.4 Å². The summed E-state index contributed by atoms with van der Waals surface area (Å²) in [6, 6.07) is 5.26. The Morgan fingerprint density at radius 3 is 0.747 bits per heavy atom. The lowest BCUT2D eigenvalue weighted by molar-refractivity contribution is -0.461. The molecule has 0 radical (unpaired) electrons. The fourth-order valence-electron chi connectivity index (χ4n) is 6.81. The zero-order valence-corrected chi connectivity index (χ0v) is 44.4. The van der Waals surface area contributed by atoms with Gasteiger partial charge in [0.1, 0.15) is 11.5 Å². The summed E-state index contributed by atoms with van der Waals surface area (Å²) in [5.41, 5.74) is -1.21. The van der Waals surface area contributed by atoms with Crippen LogP contribution in [-0.2, 0) is 22.3 Å². The van der Waals surface area contributed by atoms with Crippen LogP contribution in [0.3, 0.4) is 0 Å². The second kappa shape index (κ2) is 22.8. The van der Waals surface area contributed by atoms with Gasteiger partial charge in [0.2, 0.25) is 6.79 Å². The van der Waals surface area contributed by atoms with Gasteiger partial charge in [-0.15, -0.1) is 0 Å². The molecule has 0 saturated heterocycles. The Kier molecular flexibility index (Phi) is 20.7. The highest BCUT2D eigenvalue weighted by Crippen LogP contribution is 2.66. The Bertz CT molecular complexity index is 2400. The van der Waals surface area contributed by atoms with Crippen LogP contribution >= 0.6 is 23.5 Å². The van der Waals surface area contributed by atoms with Crippen LogP contribution in [0.1, 0.15) is 87.8 Å². The van der Waals surface area contributed by atoms with Gasteiger partial charge in [-0.1, -0.05) is 65.8 Å². The molecule has 0 amide bonds. The largest absolute Gasteiger partial charge is 0.460 e. The summed E-state index contributed by atoms with van der Waals surface area (Å²) in [7, 11) is 0. The predicted molar refractivity (Wildman–Crippen MR) is 229 cm³/mol. The first kappa shape index (κ1) is 75.5. The molecule has 0 bridgehead atoms. The zero-order chi connectivity index (χ0) is 66.2. The zero-order valence-electron chi connectivity index (χ0n) is 42.7. The molecule has 2 rings (SSSR count). The summed E-state index contributed by atoms with van der Waals surface area (Å²) < 4.78 is 480. The molecule has 0 aromatic heterocycles. The van der Waals surface area contributed by atoms with Gasteiger partial charge in [-0.3, -0.25) is 0 Å². The predicted octanol–water partition coefficient (Wildman–Crippen LogP) is 19.6. The number of rotatable bonds is 26. The van der Waals surface area contributed by atoms with Gasteiger partial charge in [0.25, 0.3) is 0 Å². The van der Waals surface area contributed by atoms with Gasteiger partial charge in [-0.2, -0.15) is 173 Å². The Balaban J connectivity index is 2.47. The third-order valence-corrected chi connectivity index (χ3v) is 14.1. The Morgan fingerprint density at radius 2 is 0.530 bits per heavy atom. The van der Waals surface area contributed by atoms with Crippen LogP contribution in [0.2, 0.25) is 0 Å². The molecule has 2 aromatic carbocycles. The maximum absolute atomic E-state index is 14.7. The van der Waals surface area contributed by atoms with E-state index in [1.807, 2.05) is 0 Å². The van der Waals surface area contributed by atoms with E-state index in [1.54, 1.807) is 41.5 Å². The minimum atomic E-state index is -8.83. The second-order valence-corrected chi connectivity index (χ2v) is 22.6. The van der Waals surface area contributed by atoms with Crippen molar-refractivity contribution in [3.8, 4) is 11.5 Å². The molecule has 0 atom stereocenters. The fourth-order valence-corrected chi connectivity index (χ4v) is 8.77. The first-order chi connectivity index (χ1) is 36.2. The number of thioether (sulfide) groups is 2. The minimum absolute atomic E-state index is 0.0157. The van der Waals surface area contributed by atoms with Crippen molar-refractivity contribution in [1.82, 2.24) is 0 Å². The average Bonchev–Trinajstić information content (AvgIpc) is 3.28. The van der Waals surface area contributed by atoms with Crippen LogP contribution in [0.15, 0.2) is 24.3 Å². The van der Waals surface area contributed by atoms with Crippen LogP contribution in [0, 0.1) is 13.8 Å². The molecule has 0 spiro atoms. The van der Waals surface area contributed by atoms with E-state index in [2.05, 4.69) is 0 Å². The highest BCUT2D eigenvalue weighted by molar-refractivity contribution is 7.98. The summed E-state index contributed by atoms with van der Waals surface area (Å²) in [6.45, 7) is 10.9. The number of halogens is 34. The molecule has 484 valence electrons. The number of hydrogen-bond donors (Lipinski definition) is 0. The summed E-state index contributed by atoms with van der Waals surface area (Å²) in [6.07, 6.45) is -21.4. The van der Waals surface area contributed by atoms with E-state index in [9.17, 15) is 149 Å². The molecule has 0 unspecified atom stereocenters. The SMILES string of the molecule is Cc1cc(C(C)(C)C)cc(CSCCC(F)(F)C(F)(F)C(F)(F)C(F)(F)C(F)(F)C(F)(F)C(F)(F)C(F)(F)F)c1OCOc1c(C)cc(C(C)(C)C)cc1CSCCC(F)(F)C(F)(F)C(F)(F)C(F)(F)C(F)(F)C(F)(F)C(F)(F)C(F)(F)F. The Labute approximate surface area is 455 Å². The lowest BCUT2D eigenvalue weighted by atomic mass is 9.85. The van der Waals surface area contributed by atoms with E-state index in [0.29, 0.717) is 11.1 Å². The fraction of sp³-hybridized carbons (Fsp3) is 0.733. The summed E-state index contributed by atoms with van der Waals surface area (Å²) in [5, 5.41) is 0. The van der Waals surface area contributed by atoms with E-state index in [-0.39, 0.29) is 57.3 Å². The van der Waals surface area contributed by atoms with Crippen molar-refractivity contribution in [2.45, 2.75) is 186 Å². The van der Waals surface area contributed by atoms with Crippen molar-refractivity contribution < 1.29 is 159 Å². The van der Waals surface area contributed by atoms with Crippen LogP contribution in [-0.4, -0.2) is 114 Å². The molecule has 2 aromatic rings. The third-order valence-electron chi connectivity index (χ3n) is 12.1. The first-order valence-corrected chi connectivity index (χ1v) is 24.6. The molecule has 0 aliphatic heterocycles. The summed E-state index contributed by atoms with van der Waals surface area (Å²) in [5.74, 6) is -121. The minimum Gasteiger partial charge on any atom is -0.457 e. The van der Waals surface area contributed by atoms with E-state index in [1.165, 1.54) is 38.1 Å². The normalized spacial score (nSPS) is 15.5. The highest BCUT2D eigenvalue weighted by Gasteiger charge is 2.97. The van der Waals surface area contributed by atoms with E-state index in [0.717, 1.165) is 0 Å². The molecule has 0 N–H and O–H groups in total. The van der Waals surface area contributed by atoms with Crippen LogP contribution in [0.4, 0.5) is 149 Å². The van der Waals surface area contributed by atoms with Crippen molar-refractivity contribution in [1.29, 1.82) is 0 Å². The molecule has 38 heteroatoms. The van der Waals surface area contributed by atoms with Crippen molar-refractivity contribution in [3.05, 3.63) is 57.6 Å². The molecular weight excluding hydrogens is 1280 g/mol. The number of alkyl halides is 34. The van der Waals surface area contributed by atoms with Gasteiger partial charge in [-0.25, -0.2) is 0 Å². The van der Waals surface area contributed by atoms with Gasteiger partial charge in [0.05, 0.1) is 0 Å². The van der Waals surface area contributed by atoms with E-state index < -0.39 is 149 Å². The van der Waals surface area contributed by atoms with E-state index in [4.69, 9.17) is 9.47 Å². The molecule has 0 saturated carbocycles. The molecule has 0 aliphatic carbocycles. The Morgan fingerprint density at radius 1 is 0.313 bits per heavy atom. The van der Waals surface area contributed by atoms with Crippen LogP contribution < -0.4 is 9.47 Å². The number of aryl methyl sites for hydroxylation is 2. The molecule has 0 heterocycles. The standard InChI is InChI=1S/C45H42F34O2S2/c1-20-13-24(28(3,4)5)15-22(17-82-11-9-30(46,47)32(50,51)34(54,55)36(58,59)38(62,63)40(66,67)42(70,71)44(74,75)76)26(20)80-19-81-27-21(2)14-25(29(6,7)8)16-23(27)18-83-12-10-31(48,49)33(52,53)35(56,57)37(60,61)39(64,65)41(68,69)43(72,73)45(77,78)79/h13-16H,9-12,17-19H2,1-8H3. The lowest BCUT2D eigenvalue weighted by Crippen LogP contribution is -2.74. The first-order valence-electron chi connectivity index (χ1n) is 22.3. The molecule has 0 fully saturated rings. The smallest absolute Gasteiger partial charge is 0.457 e. The molecule has 2 nitrogen and oxygen atoms in total. The highest BCUT2D eigenvalue weighted by atomic mass is 32.2. The molecule has 83 heavy (non-hydrogen) atoms.